The Morgan fingerprint density at radius 3 is 2.41 bits per heavy atom. The minimum absolute atomic E-state index is 0.143. The molecule has 1 saturated heterocycles. The smallest absolute Gasteiger partial charge is 0.229 e. The Bertz CT molecular complexity index is 1660. The Balaban J connectivity index is 1.37. The molecule has 0 atom stereocenters. The number of likely N-dealkylation sites (N-methyl/N-ethyl adjacent to an activating group) is 1. The monoisotopic (exact) mass is 550 g/mol. The zero-order valence-electron chi connectivity index (χ0n) is 21.2. The number of piperazine rings is 1. The molecule has 4 N–H and O–H groups in total. The molecule has 202 valence electrons. The second kappa shape index (κ2) is 9.36. The van der Waals surface area contributed by atoms with Crippen molar-refractivity contribution in [1.29, 1.82) is 0 Å². The average Bonchev–Trinajstić information content (AvgIpc) is 3.64. The van der Waals surface area contributed by atoms with Gasteiger partial charge in [0, 0.05) is 37.9 Å². The molecule has 2 aliphatic rings. The van der Waals surface area contributed by atoms with Gasteiger partial charge in [-0.3, -0.25) is 4.79 Å². The van der Waals surface area contributed by atoms with Crippen LogP contribution in [0.3, 0.4) is 0 Å². The van der Waals surface area contributed by atoms with Gasteiger partial charge in [-0.05, 0) is 56.3 Å². The normalized spacial score (nSPS) is 17.4. The van der Waals surface area contributed by atoms with Crippen LogP contribution in [-0.4, -0.2) is 72.3 Å². The van der Waals surface area contributed by atoms with Gasteiger partial charge in [0.05, 0.1) is 28.5 Å². The molecule has 4 heterocycles. The largest absolute Gasteiger partial charge is 0.354 e. The first kappa shape index (κ1) is 25.3. The highest BCUT2D eigenvalue weighted by atomic mass is 32.2. The van der Waals surface area contributed by atoms with Gasteiger partial charge in [-0.1, -0.05) is 0 Å². The van der Waals surface area contributed by atoms with E-state index < -0.39 is 26.4 Å². The number of carbonyl (C=O) groups is 1. The summed E-state index contributed by atoms with van der Waals surface area (Å²) < 4.78 is 37.4. The molecule has 2 fully saturated rings. The maximum atomic E-state index is 13.4. The van der Waals surface area contributed by atoms with E-state index in [4.69, 9.17) is 5.14 Å². The van der Waals surface area contributed by atoms with E-state index in [1.807, 2.05) is 12.1 Å². The molecule has 1 saturated carbocycles. The van der Waals surface area contributed by atoms with Crippen LogP contribution in [0.15, 0.2) is 48.8 Å². The van der Waals surface area contributed by atoms with Crippen molar-refractivity contribution in [3.63, 3.8) is 0 Å². The maximum absolute atomic E-state index is 13.4. The molecule has 0 unspecified atom stereocenters. The minimum atomic E-state index is -4.05. The van der Waals surface area contributed by atoms with Crippen LogP contribution in [0.25, 0.3) is 11.0 Å². The third-order valence-electron chi connectivity index (χ3n) is 7.39. The summed E-state index contributed by atoms with van der Waals surface area (Å²) in [5.74, 6) is 0.123. The van der Waals surface area contributed by atoms with E-state index in [1.54, 1.807) is 6.20 Å². The number of carbonyl (C=O) groups excluding carboxylic acids is 1. The van der Waals surface area contributed by atoms with Gasteiger partial charge in [-0.15, -0.1) is 0 Å². The van der Waals surface area contributed by atoms with Gasteiger partial charge >= 0.3 is 0 Å². The average molecular weight is 551 g/mol. The van der Waals surface area contributed by atoms with E-state index in [2.05, 4.69) is 42.1 Å². The van der Waals surface area contributed by atoms with Crippen LogP contribution in [0, 0.1) is 5.82 Å². The van der Waals surface area contributed by atoms with Crippen molar-refractivity contribution in [2.24, 2.45) is 5.14 Å². The number of sulfonamides is 1. The van der Waals surface area contributed by atoms with Crippen molar-refractivity contribution >= 4 is 44.3 Å². The number of nitrogens with zero attached hydrogens (tertiary/aromatic N) is 5. The van der Waals surface area contributed by atoms with Gasteiger partial charge in [-0.25, -0.2) is 27.9 Å². The molecule has 4 aromatic rings. The van der Waals surface area contributed by atoms with Crippen LogP contribution >= 0.6 is 0 Å². The Kier molecular flexibility index (Phi) is 6.08. The summed E-state index contributed by atoms with van der Waals surface area (Å²) >= 11 is 0. The number of aromatic nitrogens is 4. The molecule has 1 aliphatic heterocycles. The molecule has 0 bridgehead atoms. The lowest BCUT2D eigenvalue weighted by Crippen LogP contribution is -2.44. The number of H-pyrrole nitrogens is 1. The Labute approximate surface area is 224 Å². The molecule has 11 nitrogen and oxygen atoms in total. The number of rotatable bonds is 7. The number of fused-ring (bicyclic) bond motifs is 1. The molecule has 1 aliphatic carbocycles. The molecule has 0 amide bonds. The quantitative estimate of drug-likeness (QED) is 0.295. The highest BCUT2D eigenvalue weighted by molar-refractivity contribution is 7.90. The first-order valence-electron chi connectivity index (χ1n) is 12.5. The topological polar surface area (TPSA) is 150 Å². The van der Waals surface area contributed by atoms with E-state index in [0.717, 1.165) is 32.0 Å². The molecule has 3 aromatic heterocycles. The zero-order valence-corrected chi connectivity index (χ0v) is 22.0. The fourth-order valence-corrected chi connectivity index (χ4v) is 6.02. The summed E-state index contributed by atoms with van der Waals surface area (Å²) in [5, 5.41) is 9.05. The third kappa shape index (κ3) is 4.62. The molecular weight excluding hydrogens is 523 g/mol. The van der Waals surface area contributed by atoms with E-state index in [9.17, 15) is 17.6 Å². The summed E-state index contributed by atoms with van der Waals surface area (Å²) in [6.07, 6.45) is 3.68. The first-order valence-corrected chi connectivity index (χ1v) is 14.1. The first-order chi connectivity index (χ1) is 18.6. The summed E-state index contributed by atoms with van der Waals surface area (Å²) in [7, 11) is -1.96. The second-order valence-electron chi connectivity index (χ2n) is 10.0. The lowest BCUT2D eigenvalue weighted by molar-refractivity contribution is 0.104. The van der Waals surface area contributed by atoms with Crippen LogP contribution in [-0.2, 0) is 14.8 Å². The molecular formula is C26H27FN8O3S. The van der Waals surface area contributed by atoms with Crippen LogP contribution in [0.1, 0.15) is 34.5 Å². The van der Waals surface area contributed by atoms with Gasteiger partial charge < -0.3 is 20.1 Å². The van der Waals surface area contributed by atoms with Crippen molar-refractivity contribution in [2.45, 2.75) is 17.6 Å². The van der Waals surface area contributed by atoms with Crippen molar-refractivity contribution in [1.82, 2.24) is 24.8 Å². The predicted octanol–water partition coefficient (Wildman–Crippen LogP) is 2.50. The van der Waals surface area contributed by atoms with E-state index in [0.29, 0.717) is 5.69 Å². The Morgan fingerprint density at radius 1 is 1.08 bits per heavy atom. The van der Waals surface area contributed by atoms with Crippen molar-refractivity contribution in [3.8, 4) is 0 Å². The van der Waals surface area contributed by atoms with Crippen LogP contribution < -0.4 is 15.4 Å². The zero-order chi connectivity index (χ0) is 27.4. The molecule has 0 spiro atoms. The molecule has 39 heavy (non-hydrogen) atoms. The van der Waals surface area contributed by atoms with E-state index in [-0.39, 0.29) is 46.6 Å². The highest BCUT2D eigenvalue weighted by Crippen LogP contribution is 2.53. The fourth-order valence-electron chi connectivity index (χ4n) is 4.94. The third-order valence-corrected chi connectivity index (χ3v) is 9.09. The number of benzene rings is 1. The lowest BCUT2D eigenvalue weighted by atomic mass is 10.0. The number of hydrogen-bond donors (Lipinski definition) is 3. The molecule has 0 radical (unpaired) electrons. The molecule has 6 rings (SSSR count). The molecule has 13 heteroatoms. The van der Waals surface area contributed by atoms with Crippen molar-refractivity contribution < 1.29 is 17.6 Å². The number of pyridine rings is 1. The number of halogens is 1. The van der Waals surface area contributed by atoms with E-state index >= 15 is 0 Å². The fraction of sp³-hybridized carbons (Fsp3) is 0.308. The van der Waals surface area contributed by atoms with Crippen molar-refractivity contribution in [3.05, 3.63) is 71.4 Å². The highest BCUT2D eigenvalue weighted by Gasteiger charge is 2.57. The van der Waals surface area contributed by atoms with Gasteiger partial charge in [0.1, 0.15) is 22.0 Å². The predicted molar refractivity (Wildman–Crippen MR) is 145 cm³/mol. The Morgan fingerprint density at radius 2 is 1.79 bits per heavy atom. The molecule has 1 aromatic carbocycles. The van der Waals surface area contributed by atoms with Gasteiger partial charge in [0.2, 0.25) is 16.0 Å². The van der Waals surface area contributed by atoms with Crippen LogP contribution in [0.4, 0.5) is 21.8 Å². The number of nitrogens with one attached hydrogen (secondary N) is 2. The number of aromatic amines is 1. The van der Waals surface area contributed by atoms with Crippen LogP contribution in [0.2, 0.25) is 0 Å². The Hall–Kier alpha value is -3.94. The number of ketones is 1. The summed E-state index contributed by atoms with van der Waals surface area (Å²) in [6.45, 7) is 3.71. The number of primary sulfonamides is 1. The van der Waals surface area contributed by atoms with Crippen molar-refractivity contribution in [2.75, 3.05) is 43.4 Å². The lowest BCUT2D eigenvalue weighted by Gasteiger charge is -2.33. The summed E-state index contributed by atoms with van der Waals surface area (Å²) in [5.41, 5.74) is 1.49. The number of anilines is 3. The maximum Gasteiger partial charge on any atom is 0.229 e. The van der Waals surface area contributed by atoms with Gasteiger partial charge in [0.25, 0.3) is 0 Å². The van der Waals surface area contributed by atoms with E-state index in [1.165, 1.54) is 30.5 Å². The van der Waals surface area contributed by atoms with Gasteiger partial charge in [-0.2, -0.15) is 4.98 Å². The number of nitrogens with two attached hydrogens (primary N) is 1. The summed E-state index contributed by atoms with van der Waals surface area (Å²) in [6, 6.07) is 8.90. The van der Waals surface area contributed by atoms with Crippen LogP contribution in [0.5, 0.6) is 0 Å². The standard InChI is InChI=1S/C26H27FN8O3S/c1-34-10-12-35(13-11-34)20-7-6-18(14-29-20)31-25-32-23(26(8-9-26)39(28,37)38)21-19(15-30-24(21)33-25)22(36)16-2-4-17(27)5-3-16/h2-7,14-15H,8-13H2,1H3,(H2,28,37,38)(H2,30,31,32,33). The number of hydrogen-bond acceptors (Lipinski definition) is 9. The summed E-state index contributed by atoms with van der Waals surface area (Å²) in [4.78, 5) is 34.5. The second-order valence-corrected chi connectivity index (χ2v) is 11.9. The SMILES string of the molecule is CN1CCN(c2ccc(Nc3nc(C4(S(N)(=O)=O)CC4)c4c(C(=O)c5ccc(F)cc5)c[nH]c4n3)cn2)CC1. The van der Waals surface area contributed by atoms with Gasteiger partial charge in [0.15, 0.2) is 5.78 Å². The minimum Gasteiger partial charge on any atom is -0.354 e.